The molecule has 7 nitrogen and oxygen atoms in total. The lowest BCUT2D eigenvalue weighted by Crippen LogP contribution is -2.14. The fraction of sp³-hybridized carbons (Fsp3) is 0.409. The van der Waals surface area contributed by atoms with Gasteiger partial charge in [-0.3, -0.25) is 4.79 Å². The first kappa shape index (κ1) is 21.8. The Hall–Kier alpha value is -2.39. The van der Waals surface area contributed by atoms with Crippen molar-refractivity contribution in [2.45, 2.75) is 38.4 Å². The summed E-state index contributed by atoms with van der Waals surface area (Å²) in [4.78, 5) is 13.0. The molecule has 0 radical (unpaired) electrons. The van der Waals surface area contributed by atoms with Crippen LogP contribution >= 0.6 is 11.8 Å². The van der Waals surface area contributed by atoms with Crippen LogP contribution in [0.2, 0.25) is 0 Å². The molecule has 0 bridgehead atoms. The highest BCUT2D eigenvalue weighted by atomic mass is 32.2. The Morgan fingerprint density at radius 2 is 1.97 bits per heavy atom. The second-order valence-corrected chi connectivity index (χ2v) is 11.3. The Morgan fingerprint density at radius 3 is 2.65 bits per heavy atom. The van der Waals surface area contributed by atoms with Crippen LogP contribution in [0.4, 0.5) is 0 Å². The first-order valence-electron chi connectivity index (χ1n) is 10.2. The van der Waals surface area contributed by atoms with E-state index < -0.39 is 9.84 Å². The Morgan fingerprint density at radius 1 is 1.19 bits per heavy atom. The Balaban J connectivity index is 1.50. The van der Waals surface area contributed by atoms with Crippen LogP contribution in [-0.2, 0) is 16.9 Å². The Kier molecular flexibility index (Phi) is 5.83. The number of hydrogen-bond acceptors (Lipinski definition) is 6. The van der Waals surface area contributed by atoms with Gasteiger partial charge in [0.1, 0.15) is 0 Å². The van der Waals surface area contributed by atoms with E-state index in [9.17, 15) is 13.2 Å². The van der Waals surface area contributed by atoms with Crippen LogP contribution in [0.3, 0.4) is 0 Å². The molecule has 1 atom stereocenters. The number of carbonyl (C=O) groups is 1. The average Bonchev–Trinajstić information content (AvgIpc) is 3.34. The van der Waals surface area contributed by atoms with Crippen LogP contribution in [0.15, 0.2) is 35.5 Å². The second kappa shape index (κ2) is 8.27. The molecule has 1 aromatic carbocycles. The van der Waals surface area contributed by atoms with Gasteiger partial charge in [0.15, 0.2) is 26.6 Å². The highest BCUT2D eigenvalue weighted by Gasteiger charge is 2.31. The summed E-state index contributed by atoms with van der Waals surface area (Å²) in [5, 5.41) is 9.24. The lowest BCUT2D eigenvalue weighted by Gasteiger charge is -2.16. The number of sulfone groups is 1. The third kappa shape index (κ3) is 4.34. The fourth-order valence-electron chi connectivity index (χ4n) is 4.28. The van der Waals surface area contributed by atoms with Gasteiger partial charge in [0.05, 0.1) is 17.3 Å². The van der Waals surface area contributed by atoms with Crippen molar-refractivity contribution in [1.82, 2.24) is 19.3 Å². The number of Topliss-reactive ketones (excluding diaryl/α,β-unsaturated/α-hetero) is 1. The summed E-state index contributed by atoms with van der Waals surface area (Å²) < 4.78 is 27.7. The zero-order valence-electron chi connectivity index (χ0n) is 18.1. The number of hydrogen-bond donors (Lipinski definition) is 0. The summed E-state index contributed by atoms with van der Waals surface area (Å²) in [7, 11) is -1.09. The summed E-state index contributed by atoms with van der Waals surface area (Å²) in [5.74, 6) is 1.37. The van der Waals surface area contributed by atoms with Crippen molar-refractivity contribution in [3.63, 3.8) is 0 Å². The smallest absolute Gasteiger partial charge is 0.191 e. The van der Waals surface area contributed by atoms with Crippen LogP contribution in [0.1, 0.15) is 39.8 Å². The van der Waals surface area contributed by atoms with Crippen molar-refractivity contribution < 1.29 is 13.2 Å². The van der Waals surface area contributed by atoms with Gasteiger partial charge in [-0.1, -0.05) is 35.5 Å². The maximum Gasteiger partial charge on any atom is 0.191 e. The number of aromatic nitrogens is 4. The molecular formula is C22H26N4O3S2. The minimum absolute atomic E-state index is 0.00492. The van der Waals surface area contributed by atoms with E-state index in [2.05, 4.69) is 16.3 Å². The first-order valence-corrected chi connectivity index (χ1v) is 13.0. The van der Waals surface area contributed by atoms with Crippen LogP contribution < -0.4 is 0 Å². The SMILES string of the molecule is Cc1cccc(-c2nnc(SCC(=O)c3cc(C)n([C@@H]4CCS(=O)(=O)C4)c3C)n2C)c1. The van der Waals surface area contributed by atoms with Crippen molar-refractivity contribution in [3.8, 4) is 11.4 Å². The number of aryl methyl sites for hydroxylation is 2. The van der Waals surface area contributed by atoms with E-state index in [4.69, 9.17) is 0 Å². The van der Waals surface area contributed by atoms with Gasteiger partial charge >= 0.3 is 0 Å². The summed E-state index contributed by atoms with van der Waals surface area (Å²) in [6.45, 7) is 5.86. The molecule has 0 unspecified atom stereocenters. The van der Waals surface area contributed by atoms with Gasteiger partial charge in [0.25, 0.3) is 0 Å². The quantitative estimate of drug-likeness (QED) is 0.415. The standard InChI is InChI=1S/C22H26N4O3S2/c1-14-6-5-7-17(10-14)21-23-24-22(25(21)4)30-12-20(27)19-11-15(2)26(16(19)3)18-8-9-31(28,29)13-18/h5-7,10-11,18H,8-9,12-13H2,1-4H3/t18-/m1/s1. The summed E-state index contributed by atoms with van der Waals surface area (Å²) >= 11 is 1.36. The molecule has 3 heterocycles. The van der Waals surface area contributed by atoms with E-state index in [1.165, 1.54) is 11.8 Å². The molecule has 1 fully saturated rings. The molecule has 1 saturated heterocycles. The number of ketones is 1. The van der Waals surface area contributed by atoms with E-state index in [0.29, 0.717) is 17.1 Å². The zero-order chi connectivity index (χ0) is 22.3. The topological polar surface area (TPSA) is 86.8 Å². The van der Waals surface area contributed by atoms with Crippen LogP contribution in [0.5, 0.6) is 0 Å². The minimum Gasteiger partial charge on any atom is -0.344 e. The normalized spacial score (nSPS) is 17.9. The van der Waals surface area contributed by atoms with E-state index in [-0.39, 0.29) is 29.1 Å². The number of thioether (sulfide) groups is 1. The predicted octanol–water partition coefficient (Wildman–Crippen LogP) is 3.54. The molecule has 3 aromatic rings. The van der Waals surface area contributed by atoms with Gasteiger partial charge in [0, 0.05) is 35.6 Å². The predicted molar refractivity (Wildman–Crippen MR) is 122 cm³/mol. The Bertz CT molecular complexity index is 1260. The van der Waals surface area contributed by atoms with E-state index in [0.717, 1.165) is 28.3 Å². The fourth-order valence-corrected chi connectivity index (χ4v) is 6.78. The van der Waals surface area contributed by atoms with Crippen LogP contribution in [0.25, 0.3) is 11.4 Å². The van der Waals surface area contributed by atoms with E-state index >= 15 is 0 Å². The zero-order valence-corrected chi connectivity index (χ0v) is 19.8. The molecule has 1 aliphatic heterocycles. The van der Waals surface area contributed by atoms with Crippen LogP contribution in [-0.4, -0.2) is 50.8 Å². The largest absolute Gasteiger partial charge is 0.344 e. The molecule has 1 aliphatic rings. The second-order valence-electron chi connectivity index (χ2n) is 8.16. The van der Waals surface area contributed by atoms with Gasteiger partial charge in [-0.2, -0.15) is 0 Å². The van der Waals surface area contributed by atoms with Gasteiger partial charge in [-0.05, 0) is 39.3 Å². The van der Waals surface area contributed by atoms with E-state index in [1.807, 2.05) is 61.2 Å². The monoisotopic (exact) mass is 458 g/mol. The van der Waals surface area contributed by atoms with Gasteiger partial charge < -0.3 is 9.13 Å². The van der Waals surface area contributed by atoms with Crippen molar-refractivity contribution in [3.05, 3.63) is 52.8 Å². The number of rotatable bonds is 6. The summed E-state index contributed by atoms with van der Waals surface area (Å²) in [6, 6.07) is 9.86. The number of benzene rings is 1. The van der Waals surface area contributed by atoms with E-state index in [1.54, 1.807) is 0 Å². The maximum atomic E-state index is 13.0. The molecule has 9 heteroatoms. The summed E-state index contributed by atoms with van der Waals surface area (Å²) in [6.07, 6.45) is 0.599. The molecule has 2 aromatic heterocycles. The van der Waals surface area contributed by atoms with Crippen molar-refractivity contribution in [2.75, 3.05) is 17.3 Å². The maximum absolute atomic E-state index is 13.0. The third-order valence-corrected chi connectivity index (χ3v) is 8.57. The highest BCUT2D eigenvalue weighted by Crippen LogP contribution is 2.30. The van der Waals surface area contributed by atoms with Crippen molar-refractivity contribution in [2.24, 2.45) is 7.05 Å². The van der Waals surface area contributed by atoms with Gasteiger partial charge in [-0.25, -0.2) is 8.42 Å². The molecule has 4 rings (SSSR count). The molecule has 0 spiro atoms. The third-order valence-electron chi connectivity index (χ3n) is 5.80. The van der Waals surface area contributed by atoms with Crippen molar-refractivity contribution in [1.29, 1.82) is 0 Å². The first-order chi connectivity index (χ1) is 14.7. The lowest BCUT2D eigenvalue weighted by atomic mass is 10.1. The number of carbonyl (C=O) groups excluding carboxylic acids is 1. The average molecular weight is 459 g/mol. The molecule has 164 valence electrons. The lowest BCUT2D eigenvalue weighted by molar-refractivity contribution is 0.102. The van der Waals surface area contributed by atoms with Gasteiger partial charge in [-0.15, -0.1) is 10.2 Å². The molecule has 0 N–H and O–H groups in total. The molecule has 0 aliphatic carbocycles. The Labute approximate surface area is 186 Å². The van der Waals surface area contributed by atoms with Crippen LogP contribution in [0, 0.1) is 20.8 Å². The molecule has 31 heavy (non-hydrogen) atoms. The van der Waals surface area contributed by atoms with Gasteiger partial charge in [0.2, 0.25) is 0 Å². The highest BCUT2D eigenvalue weighted by molar-refractivity contribution is 7.99. The molecule has 0 amide bonds. The molecule has 0 saturated carbocycles. The minimum atomic E-state index is -2.99. The molecular weight excluding hydrogens is 432 g/mol. The van der Waals surface area contributed by atoms with Crippen molar-refractivity contribution >= 4 is 27.4 Å². The summed E-state index contributed by atoms with van der Waals surface area (Å²) in [5.41, 5.74) is 4.55. The number of nitrogens with zero attached hydrogens (tertiary/aromatic N) is 4.